The molecule has 0 spiro atoms. The molecular weight excluding hydrogens is 328 g/mol. The second-order valence-electron chi connectivity index (χ2n) is 5.18. The highest BCUT2D eigenvalue weighted by Gasteiger charge is 2.09. The van der Waals surface area contributed by atoms with E-state index >= 15 is 0 Å². The van der Waals surface area contributed by atoms with E-state index < -0.39 is 0 Å². The first-order valence-corrected chi connectivity index (χ1v) is 8.35. The lowest BCUT2D eigenvalue weighted by Gasteiger charge is -2.07. The molecule has 0 aliphatic rings. The second-order valence-corrected chi connectivity index (χ2v) is 6.12. The first-order chi connectivity index (χ1) is 11.6. The number of methoxy groups -OCH3 is 1. The lowest BCUT2D eigenvalue weighted by molar-refractivity contribution is -0.139. The van der Waals surface area contributed by atoms with Gasteiger partial charge in [-0.3, -0.25) is 9.59 Å². The maximum atomic E-state index is 11.8. The van der Waals surface area contributed by atoms with Gasteiger partial charge in [-0.05, 0) is 18.1 Å². The fraction of sp³-hybridized carbons (Fsp3) is 0.353. The molecule has 6 nitrogen and oxygen atoms in total. The summed E-state index contributed by atoms with van der Waals surface area (Å²) in [6.07, 6.45) is 0.139. The van der Waals surface area contributed by atoms with Gasteiger partial charge in [0.05, 0.1) is 32.4 Å². The molecular formula is C17H20N2O4S. The molecule has 0 fully saturated rings. The van der Waals surface area contributed by atoms with Gasteiger partial charge in [0, 0.05) is 5.38 Å². The van der Waals surface area contributed by atoms with E-state index in [0.717, 1.165) is 16.1 Å². The fourth-order valence-corrected chi connectivity index (χ4v) is 2.72. The van der Waals surface area contributed by atoms with Gasteiger partial charge in [0.1, 0.15) is 11.6 Å². The van der Waals surface area contributed by atoms with E-state index in [9.17, 15) is 9.59 Å². The number of thiazole rings is 1. The van der Waals surface area contributed by atoms with Gasteiger partial charge < -0.3 is 14.8 Å². The third-order valence-electron chi connectivity index (χ3n) is 3.34. The van der Waals surface area contributed by atoms with Crippen LogP contribution in [-0.2, 0) is 38.6 Å². The standard InChI is InChI=1S/C17H20N2O4S/c1-12-5-3-4-6-13(12)9-23-10-15(20)18-8-16-19-14(11-24-16)7-17(21)22-2/h3-6,11H,7-10H2,1-2H3,(H,18,20). The molecule has 2 aromatic rings. The van der Waals surface area contributed by atoms with Crippen LogP contribution in [0.3, 0.4) is 0 Å². The summed E-state index contributed by atoms with van der Waals surface area (Å²) in [6, 6.07) is 7.90. The lowest BCUT2D eigenvalue weighted by atomic mass is 10.1. The molecule has 0 unspecified atom stereocenters. The van der Waals surface area contributed by atoms with Crippen LogP contribution in [0.5, 0.6) is 0 Å². The molecule has 0 saturated heterocycles. The van der Waals surface area contributed by atoms with Gasteiger partial charge in [0.15, 0.2) is 0 Å². The molecule has 0 aliphatic heterocycles. The normalized spacial score (nSPS) is 10.4. The van der Waals surface area contributed by atoms with E-state index in [4.69, 9.17) is 4.74 Å². The third kappa shape index (κ3) is 5.75. The zero-order valence-corrected chi connectivity index (χ0v) is 14.5. The molecule has 1 aromatic heterocycles. The number of amides is 1. The summed E-state index contributed by atoms with van der Waals surface area (Å²) >= 11 is 1.39. The Morgan fingerprint density at radius 1 is 1.29 bits per heavy atom. The SMILES string of the molecule is COC(=O)Cc1csc(CNC(=O)COCc2ccccc2C)n1. The van der Waals surface area contributed by atoms with Crippen LogP contribution in [0.1, 0.15) is 21.8 Å². The summed E-state index contributed by atoms with van der Waals surface area (Å²) in [6.45, 7) is 2.72. The van der Waals surface area contributed by atoms with E-state index in [1.807, 2.05) is 31.2 Å². The van der Waals surface area contributed by atoms with Crippen molar-refractivity contribution in [3.63, 3.8) is 0 Å². The number of esters is 1. The Bertz CT molecular complexity index is 699. The minimum Gasteiger partial charge on any atom is -0.469 e. The number of rotatable bonds is 8. The number of nitrogens with zero attached hydrogens (tertiary/aromatic N) is 1. The van der Waals surface area contributed by atoms with Crippen LogP contribution in [-0.4, -0.2) is 30.6 Å². The Morgan fingerprint density at radius 3 is 2.83 bits per heavy atom. The second kappa shape index (κ2) is 9.14. The van der Waals surface area contributed by atoms with E-state index in [-0.39, 0.29) is 24.9 Å². The predicted molar refractivity (Wildman–Crippen MR) is 90.5 cm³/mol. The van der Waals surface area contributed by atoms with Gasteiger partial charge in [-0.2, -0.15) is 0 Å². The Labute approximate surface area is 144 Å². The number of ether oxygens (including phenoxy) is 2. The lowest BCUT2D eigenvalue weighted by Crippen LogP contribution is -2.27. The fourth-order valence-electron chi connectivity index (χ4n) is 1.98. The molecule has 0 saturated carbocycles. The average molecular weight is 348 g/mol. The predicted octanol–water partition coefficient (Wildman–Crippen LogP) is 2.00. The van der Waals surface area contributed by atoms with Crippen LogP contribution < -0.4 is 5.32 Å². The highest BCUT2D eigenvalue weighted by Crippen LogP contribution is 2.11. The molecule has 24 heavy (non-hydrogen) atoms. The van der Waals surface area contributed by atoms with E-state index in [1.165, 1.54) is 18.4 Å². The van der Waals surface area contributed by atoms with Crippen molar-refractivity contribution in [2.45, 2.75) is 26.5 Å². The smallest absolute Gasteiger partial charge is 0.311 e. The van der Waals surface area contributed by atoms with Crippen molar-refractivity contribution in [1.82, 2.24) is 10.3 Å². The van der Waals surface area contributed by atoms with Gasteiger partial charge in [0.25, 0.3) is 0 Å². The summed E-state index contributed by atoms with van der Waals surface area (Å²) in [5, 5.41) is 5.27. The van der Waals surface area contributed by atoms with Crippen LogP contribution in [0.2, 0.25) is 0 Å². The van der Waals surface area contributed by atoms with Crippen molar-refractivity contribution in [3.05, 3.63) is 51.5 Å². The molecule has 1 N–H and O–H groups in total. The van der Waals surface area contributed by atoms with Crippen molar-refractivity contribution in [2.24, 2.45) is 0 Å². The van der Waals surface area contributed by atoms with Crippen LogP contribution >= 0.6 is 11.3 Å². The highest BCUT2D eigenvalue weighted by atomic mass is 32.1. The molecule has 0 radical (unpaired) electrons. The zero-order chi connectivity index (χ0) is 17.4. The number of aryl methyl sites for hydroxylation is 1. The Kier molecular flexibility index (Phi) is 6.89. The minimum atomic E-state index is -0.333. The van der Waals surface area contributed by atoms with Crippen LogP contribution in [0.15, 0.2) is 29.6 Å². The Balaban J connectivity index is 1.70. The number of hydrogen-bond donors (Lipinski definition) is 1. The monoisotopic (exact) mass is 348 g/mol. The number of nitrogens with one attached hydrogen (secondary N) is 1. The van der Waals surface area contributed by atoms with E-state index in [2.05, 4.69) is 15.0 Å². The van der Waals surface area contributed by atoms with Gasteiger partial charge >= 0.3 is 5.97 Å². The molecule has 1 amide bonds. The maximum absolute atomic E-state index is 11.8. The van der Waals surface area contributed by atoms with Crippen molar-refractivity contribution in [2.75, 3.05) is 13.7 Å². The number of hydrogen-bond acceptors (Lipinski definition) is 6. The molecule has 7 heteroatoms. The van der Waals surface area contributed by atoms with E-state index in [0.29, 0.717) is 18.8 Å². The number of aromatic nitrogens is 1. The van der Waals surface area contributed by atoms with Crippen molar-refractivity contribution in [1.29, 1.82) is 0 Å². The molecule has 1 aromatic carbocycles. The summed E-state index contributed by atoms with van der Waals surface area (Å²) in [4.78, 5) is 27.2. The summed E-state index contributed by atoms with van der Waals surface area (Å²) < 4.78 is 10.0. The van der Waals surface area contributed by atoms with Crippen molar-refractivity contribution in [3.8, 4) is 0 Å². The molecule has 0 atom stereocenters. The highest BCUT2D eigenvalue weighted by molar-refractivity contribution is 7.09. The van der Waals surface area contributed by atoms with Crippen LogP contribution in [0.4, 0.5) is 0 Å². The summed E-state index contributed by atoms with van der Waals surface area (Å²) in [5.74, 6) is -0.534. The topological polar surface area (TPSA) is 77.5 Å². The first-order valence-electron chi connectivity index (χ1n) is 7.47. The Morgan fingerprint density at radius 2 is 2.08 bits per heavy atom. The first kappa shape index (κ1) is 18.1. The maximum Gasteiger partial charge on any atom is 0.311 e. The average Bonchev–Trinajstić information content (AvgIpc) is 3.02. The number of carbonyl (C=O) groups excluding carboxylic acids is 2. The molecule has 2 rings (SSSR count). The minimum absolute atomic E-state index is 0.00523. The van der Waals surface area contributed by atoms with Crippen LogP contribution in [0, 0.1) is 6.92 Å². The summed E-state index contributed by atoms with van der Waals surface area (Å²) in [5.41, 5.74) is 2.85. The summed E-state index contributed by atoms with van der Waals surface area (Å²) in [7, 11) is 1.34. The molecule has 128 valence electrons. The number of carbonyl (C=O) groups is 2. The van der Waals surface area contributed by atoms with E-state index in [1.54, 1.807) is 5.38 Å². The quantitative estimate of drug-likeness (QED) is 0.738. The third-order valence-corrected chi connectivity index (χ3v) is 4.24. The van der Waals surface area contributed by atoms with Crippen molar-refractivity contribution < 1.29 is 19.1 Å². The van der Waals surface area contributed by atoms with Crippen molar-refractivity contribution >= 4 is 23.2 Å². The van der Waals surface area contributed by atoms with Crippen LogP contribution in [0.25, 0.3) is 0 Å². The van der Waals surface area contributed by atoms with Gasteiger partial charge in [0.2, 0.25) is 5.91 Å². The number of benzene rings is 1. The van der Waals surface area contributed by atoms with Gasteiger partial charge in [-0.15, -0.1) is 11.3 Å². The molecule has 0 bridgehead atoms. The van der Waals surface area contributed by atoms with Gasteiger partial charge in [-0.1, -0.05) is 24.3 Å². The van der Waals surface area contributed by atoms with Gasteiger partial charge in [-0.25, -0.2) is 4.98 Å². The molecule has 0 aliphatic carbocycles. The largest absolute Gasteiger partial charge is 0.469 e. The Hall–Kier alpha value is -2.25. The molecule has 1 heterocycles. The zero-order valence-electron chi connectivity index (χ0n) is 13.7.